The van der Waals surface area contributed by atoms with E-state index in [-0.39, 0.29) is 11.5 Å². The molecule has 0 saturated carbocycles. The molecule has 2 rings (SSSR count). The lowest BCUT2D eigenvalue weighted by Gasteiger charge is -2.07. The van der Waals surface area contributed by atoms with E-state index >= 15 is 0 Å². The predicted molar refractivity (Wildman–Crippen MR) is 76.4 cm³/mol. The fraction of sp³-hybridized carbons (Fsp3) is 0.200. The molecule has 0 aliphatic heterocycles. The number of rotatable bonds is 5. The van der Waals surface area contributed by atoms with Crippen LogP contribution in [0.4, 0.5) is 15.8 Å². The van der Waals surface area contributed by atoms with Crippen molar-refractivity contribution < 1.29 is 9.31 Å². The quantitative estimate of drug-likeness (QED) is 0.668. The molecular formula is C15H15FN2O2. The van der Waals surface area contributed by atoms with Crippen LogP contribution in [-0.2, 0) is 6.42 Å². The van der Waals surface area contributed by atoms with Crippen molar-refractivity contribution >= 4 is 11.4 Å². The molecule has 20 heavy (non-hydrogen) atoms. The average molecular weight is 274 g/mol. The number of hydrogen-bond donors (Lipinski definition) is 1. The molecule has 0 heterocycles. The monoisotopic (exact) mass is 274 g/mol. The average Bonchev–Trinajstić information content (AvgIpc) is 2.40. The summed E-state index contributed by atoms with van der Waals surface area (Å²) in [6, 6.07) is 11.2. The minimum Gasteiger partial charge on any atom is -0.385 e. The van der Waals surface area contributed by atoms with Gasteiger partial charge in [-0.3, -0.25) is 10.1 Å². The number of anilines is 1. The van der Waals surface area contributed by atoms with E-state index in [0.717, 1.165) is 23.2 Å². The van der Waals surface area contributed by atoms with Gasteiger partial charge in [-0.2, -0.15) is 0 Å². The topological polar surface area (TPSA) is 55.2 Å². The Kier molecular flexibility index (Phi) is 4.30. The Morgan fingerprint density at radius 3 is 2.55 bits per heavy atom. The highest BCUT2D eigenvalue weighted by Crippen LogP contribution is 2.20. The van der Waals surface area contributed by atoms with E-state index in [1.807, 2.05) is 13.0 Å². The van der Waals surface area contributed by atoms with E-state index < -0.39 is 4.92 Å². The maximum atomic E-state index is 12.8. The van der Waals surface area contributed by atoms with Crippen molar-refractivity contribution in [1.82, 2.24) is 0 Å². The molecular weight excluding hydrogens is 259 g/mol. The molecule has 0 unspecified atom stereocenters. The van der Waals surface area contributed by atoms with Crippen molar-refractivity contribution in [2.24, 2.45) is 0 Å². The molecule has 0 aliphatic rings. The first-order valence-electron chi connectivity index (χ1n) is 6.29. The third-order valence-corrected chi connectivity index (χ3v) is 2.93. The van der Waals surface area contributed by atoms with Crippen molar-refractivity contribution in [3.05, 3.63) is 69.5 Å². The van der Waals surface area contributed by atoms with Gasteiger partial charge in [0.25, 0.3) is 5.69 Å². The van der Waals surface area contributed by atoms with Gasteiger partial charge in [0, 0.05) is 24.4 Å². The summed E-state index contributed by atoms with van der Waals surface area (Å²) in [6.07, 6.45) is 0.724. The number of non-ortho nitro benzene ring substituents is 1. The number of nitro groups is 1. The van der Waals surface area contributed by atoms with Crippen molar-refractivity contribution in [2.75, 3.05) is 11.9 Å². The molecule has 0 aliphatic carbocycles. The predicted octanol–water partition coefficient (Wildman–Crippen LogP) is 3.70. The standard InChI is InChI=1S/C15H15FN2O2/c1-11-8-14(10-15(9-11)18(19)20)17-7-6-12-2-4-13(16)5-3-12/h2-5,8-10,17H,6-7H2,1H3. The van der Waals surface area contributed by atoms with Crippen molar-refractivity contribution in [3.8, 4) is 0 Å². The van der Waals surface area contributed by atoms with Crippen molar-refractivity contribution in [2.45, 2.75) is 13.3 Å². The maximum Gasteiger partial charge on any atom is 0.271 e. The summed E-state index contributed by atoms with van der Waals surface area (Å²) < 4.78 is 12.8. The van der Waals surface area contributed by atoms with E-state index in [9.17, 15) is 14.5 Å². The zero-order chi connectivity index (χ0) is 14.5. The summed E-state index contributed by atoms with van der Waals surface area (Å²) in [7, 11) is 0. The zero-order valence-electron chi connectivity index (χ0n) is 11.1. The number of nitrogens with one attached hydrogen (secondary N) is 1. The number of hydrogen-bond acceptors (Lipinski definition) is 3. The van der Waals surface area contributed by atoms with Gasteiger partial charge in [-0.05, 0) is 42.7 Å². The molecule has 2 aromatic rings. The van der Waals surface area contributed by atoms with Crippen LogP contribution in [0.3, 0.4) is 0 Å². The molecule has 4 nitrogen and oxygen atoms in total. The van der Waals surface area contributed by atoms with Gasteiger partial charge in [0.05, 0.1) is 4.92 Å². The Labute approximate surface area is 116 Å². The number of benzene rings is 2. The molecule has 2 aromatic carbocycles. The first kappa shape index (κ1) is 14.0. The minimum atomic E-state index is -0.405. The lowest BCUT2D eigenvalue weighted by atomic mass is 10.1. The second-order valence-corrected chi connectivity index (χ2v) is 4.62. The maximum absolute atomic E-state index is 12.8. The smallest absolute Gasteiger partial charge is 0.271 e. The summed E-state index contributed by atoms with van der Waals surface area (Å²) in [6.45, 7) is 2.45. The van der Waals surface area contributed by atoms with Gasteiger partial charge in [-0.15, -0.1) is 0 Å². The second-order valence-electron chi connectivity index (χ2n) is 4.62. The van der Waals surface area contributed by atoms with Crippen LogP contribution in [0.1, 0.15) is 11.1 Å². The third-order valence-electron chi connectivity index (χ3n) is 2.93. The van der Waals surface area contributed by atoms with Crippen LogP contribution in [0, 0.1) is 22.9 Å². The van der Waals surface area contributed by atoms with E-state index in [1.54, 1.807) is 12.1 Å². The molecule has 104 valence electrons. The molecule has 0 atom stereocenters. The number of halogens is 1. The molecule has 0 spiro atoms. The van der Waals surface area contributed by atoms with Gasteiger partial charge in [0.1, 0.15) is 5.82 Å². The Bertz CT molecular complexity index is 612. The summed E-state index contributed by atoms with van der Waals surface area (Å²) in [5.74, 6) is -0.254. The van der Waals surface area contributed by atoms with Crippen molar-refractivity contribution in [3.63, 3.8) is 0 Å². The Morgan fingerprint density at radius 1 is 1.20 bits per heavy atom. The summed E-state index contributed by atoms with van der Waals surface area (Å²) in [5.41, 5.74) is 2.65. The van der Waals surface area contributed by atoms with Crippen LogP contribution in [0.2, 0.25) is 0 Å². The Morgan fingerprint density at radius 2 is 1.90 bits per heavy atom. The van der Waals surface area contributed by atoms with Gasteiger partial charge in [0.2, 0.25) is 0 Å². The molecule has 0 radical (unpaired) electrons. The molecule has 0 bridgehead atoms. The zero-order valence-corrected chi connectivity index (χ0v) is 11.1. The summed E-state index contributed by atoms with van der Waals surface area (Å²) >= 11 is 0. The first-order valence-corrected chi connectivity index (χ1v) is 6.29. The Hall–Kier alpha value is -2.43. The normalized spacial score (nSPS) is 10.3. The van der Waals surface area contributed by atoms with E-state index in [1.165, 1.54) is 24.3 Å². The highest BCUT2D eigenvalue weighted by Gasteiger charge is 2.07. The lowest BCUT2D eigenvalue weighted by molar-refractivity contribution is -0.384. The molecule has 0 aromatic heterocycles. The van der Waals surface area contributed by atoms with Crippen LogP contribution in [0.5, 0.6) is 0 Å². The van der Waals surface area contributed by atoms with Crippen LogP contribution in [0.25, 0.3) is 0 Å². The highest BCUT2D eigenvalue weighted by atomic mass is 19.1. The lowest BCUT2D eigenvalue weighted by Crippen LogP contribution is -2.05. The van der Waals surface area contributed by atoms with Crippen LogP contribution in [-0.4, -0.2) is 11.5 Å². The number of nitro benzene ring substituents is 1. The van der Waals surface area contributed by atoms with Crippen molar-refractivity contribution in [1.29, 1.82) is 0 Å². The fourth-order valence-corrected chi connectivity index (χ4v) is 1.97. The minimum absolute atomic E-state index is 0.0780. The largest absolute Gasteiger partial charge is 0.385 e. The fourth-order valence-electron chi connectivity index (χ4n) is 1.97. The molecule has 5 heteroatoms. The number of nitrogens with zero attached hydrogens (tertiary/aromatic N) is 1. The molecule has 1 N–H and O–H groups in total. The van der Waals surface area contributed by atoms with Gasteiger partial charge in [0.15, 0.2) is 0 Å². The van der Waals surface area contributed by atoms with Crippen LogP contribution in [0.15, 0.2) is 42.5 Å². The summed E-state index contributed by atoms with van der Waals surface area (Å²) in [4.78, 5) is 10.4. The Balaban J connectivity index is 1.97. The highest BCUT2D eigenvalue weighted by molar-refractivity contribution is 5.53. The van der Waals surface area contributed by atoms with E-state index in [0.29, 0.717) is 6.54 Å². The van der Waals surface area contributed by atoms with Gasteiger partial charge >= 0.3 is 0 Å². The summed E-state index contributed by atoms with van der Waals surface area (Å²) in [5, 5.41) is 13.9. The van der Waals surface area contributed by atoms with E-state index in [2.05, 4.69) is 5.32 Å². The molecule has 0 fully saturated rings. The molecule has 0 saturated heterocycles. The van der Waals surface area contributed by atoms with Gasteiger partial charge in [-0.1, -0.05) is 12.1 Å². The second kappa shape index (κ2) is 6.14. The third kappa shape index (κ3) is 3.78. The first-order chi connectivity index (χ1) is 9.54. The number of aryl methyl sites for hydroxylation is 1. The van der Waals surface area contributed by atoms with Crippen LogP contribution >= 0.6 is 0 Å². The van der Waals surface area contributed by atoms with Gasteiger partial charge in [-0.25, -0.2) is 4.39 Å². The van der Waals surface area contributed by atoms with E-state index in [4.69, 9.17) is 0 Å². The SMILES string of the molecule is Cc1cc(NCCc2ccc(F)cc2)cc([N+](=O)[O-])c1. The van der Waals surface area contributed by atoms with Gasteiger partial charge < -0.3 is 5.32 Å². The molecule has 0 amide bonds. The van der Waals surface area contributed by atoms with Crippen LogP contribution < -0.4 is 5.32 Å².